The Balaban J connectivity index is 2.32. The Labute approximate surface area is 127 Å². The number of nitrogens with zero attached hydrogens (tertiary/aromatic N) is 3. The van der Waals surface area contributed by atoms with Gasteiger partial charge >= 0.3 is 6.18 Å². The minimum Gasteiger partial charge on any atom is -0.315 e. The van der Waals surface area contributed by atoms with Gasteiger partial charge in [0.25, 0.3) is 11.6 Å². The van der Waals surface area contributed by atoms with Crippen LogP contribution < -0.4 is 5.32 Å². The Kier molecular flexibility index (Phi) is 4.08. The van der Waals surface area contributed by atoms with Gasteiger partial charge in [0.15, 0.2) is 5.69 Å². The number of halogens is 3. The molecule has 0 spiro atoms. The van der Waals surface area contributed by atoms with Gasteiger partial charge in [0.05, 0.1) is 4.92 Å². The van der Waals surface area contributed by atoms with Gasteiger partial charge < -0.3 is 5.32 Å². The van der Waals surface area contributed by atoms with Crippen molar-refractivity contribution in [3.63, 3.8) is 0 Å². The molecular formula is C13H11F3N4O3. The van der Waals surface area contributed by atoms with E-state index >= 15 is 0 Å². The maximum Gasteiger partial charge on any atom is 0.433 e. The minimum atomic E-state index is -4.66. The molecule has 0 aliphatic heterocycles. The number of rotatable bonds is 3. The van der Waals surface area contributed by atoms with Crippen LogP contribution in [0.1, 0.15) is 21.7 Å². The van der Waals surface area contributed by atoms with Gasteiger partial charge in [0.1, 0.15) is 11.4 Å². The molecule has 2 aromatic rings. The zero-order valence-corrected chi connectivity index (χ0v) is 12.0. The molecule has 1 amide bonds. The highest BCUT2D eigenvalue weighted by Gasteiger charge is 2.35. The topological polar surface area (TPSA) is 90.1 Å². The fourth-order valence-corrected chi connectivity index (χ4v) is 1.93. The third-order valence-electron chi connectivity index (χ3n) is 3.00. The minimum absolute atomic E-state index is 0.121. The smallest absolute Gasteiger partial charge is 0.315 e. The summed E-state index contributed by atoms with van der Waals surface area (Å²) >= 11 is 0. The van der Waals surface area contributed by atoms with Crippen LogP contribution in [-0.4, -0.2) is 20.6 Å². The van der Waals surface area contributed by atoms with Crippen LogP contribution in [0.5, 0.6) is 0 Å². The highest BCUT2D eigenvalue weighted by molar-refractivity contribution is 6.04. The predicted molar refractivity (Wildman–Crippen MR) is 74.0 cm³/mol. The molecule has 0 saturated heterocycles. The van der Waals surface area contributed by atoms with Crippen LogP contribution >= 0.6 is 0 Å². The Bertz CT molecular complexity index is 783. The summed E-state index contributed by atoms with van der Waals surface area (Å²) in [6, 6.07) is 4.66. The van der Waals surface area contributed by atoms with Gasteiger partial charge in [-0.05, 0) is 18.6 Å². The fraction of sp³-hybridized carbons (Fsp3) is 0.231. The van der Waals surface area contributed by atoms with Gasteiger partial charge in [-0.15, -0.1) is 0 Å². The van der Waals surface area contributed by atoms with Crippen molar-refractivity contribution in [3.05, 3.63) is 51.3 Å². The van der Waals surface area contributed by atoms with Crippen LogP contribution in [0.25, 0.3) is 0 Å². The average molecular weight is 328 g/mol. The number of carbonyl (C=O) groups is 1. The molecule has 0 radical (unpaired) electrons. The highest BCUT2D eigenvalue weighted by atomic mass is 19.4. The van der Waals surface area contributed by atoms with Gasteiger partial charge in [-0.3, -0.25) is 19.6 Å². The van der Waals surface area contributed by atoms with Crippen molar-refractivity contribution in [1.29, 1.82) is 0 Å². The Morgan fingerprint density at radius 2 is 2.00 bits per heavy atom. The lowest BCUT2D eigenvalue weighted by Gasteiger charge is -2.05. The van der Waals surface area contributed by atoms with Crippen LogP contribution in [0, 0.1) is 17.0 Å². The lowest BCUT2D eigenvalue weighted by atomic mass is 10.2. The first kappa shape index (κ1) is 16.5. The van der Waals surface area contributed by atoms with Crippen LogP contribution in [0.4, 0.5) is 24.5 Å². The maximum absolute atomic E-state index is 12.7. The van der Waals surface area contributed by atoms with E-state index in [9.17, 15) is 28.1 Å². The number of aromatic nitrogens is 2. The zero-order chi connectivity index (χ0) is 17.4. The second-order valence-electron chi connectivity index (χ2n) is 4.77. The second kappa shape index (κ2) is 5.71. The number of hydrogen-bond donors (Lipinski definition) is 1. The summed E-state index contributed by atoms with van der Waals surface area (Å²) in [5, 5.41) is 16.7. The molecule has 122 valence electrons. The first-order valence-electron chi connectivity index (χ1n) is 6.27. The second-order valence-corrected chi connectivity index (χ2v) is 4.77. The van der Waals surface area contributed by atoms with Crippen molar-refractivity contribution in [2.45, 2.75) is 13.1 Å². The molecule has 0 unspecified atom stereocenters. The largest absolute Gasteiger partial charge is 0.433 e. The molecule has 1 aromatic carbocycles. The third kappa shape index (κ3) is 3.47. The number of anilines is 1. The van der Waals surface area contributed by atoms with Crippen molar-refractivity contribution in [1.82, 2.24) is 9.78 Å². The number of hydrogen-bond acceptors (Lipinski definition) is 4. The summed E-state index contributed by atoms with van der Waals surface area (Å²) < 4.78 is 38.6. The molecule has 0 saturated carbocycles. The first-order valence-corrected chi connectivity index (χ1v) is 6.27. The number of amides is 1. The van der Waals surface area contributed by atoms with E-state index in [1.165, 1.54) is 18.2 Å². The van der Waals surface area contributed by atoms with E-state index in [0.717, 1.165) is 7.05 Å². The van der Waals surface area contributed by atoms with Gasteiger partial charge in [0, 0.05) is 19.2 Å². The molecule has 0 fully saturated rings. The third-order valence-corrected chi connectivity index (χ3v) is 3.00. The molecule has 2 rings (SSSR count). The summed E-state index contributed by atoms with van der Waals surface area (Å²) in [4.78, 5) is 22.3. The van der Waals surface area contributed by atoms with E-state index in [4.69, 9.17) is 0 Å². The Hall–Kier alpha value is -2.91. The fourth-order valence-electron chi connectivity index (χ4n) is 1.93. The SMILES string of the molecule is Cc1ccc(NC(=O)c2cc(C(F)(F)F)n(C)n2)c([N+](=O)[O-])c1. The Morgan fingerprint density at radius 1 is 1.35 bits per heavy atom. The standard InChI is InChI=1S/C13H11F3N4O3/c1-7-3-4-8(10(5-7)20(22)23)17-12(21)9-6-11(13(14,15)16)19(2)18-9/h3-6H,1-2H3,(H,17,21). The van der Waals surface area contributed by atoms with Crippen molar-refractivity contribution < 1.29 is 22.9 Å². The first-order chi connectivity index (χ1) is 10.6. The molecule has 1 heterocycles. The van der Waals surface area contributed by atoms with Crippen LogP contribution in [0.2, 0.25) is 0 Å². The summed E-state index contributed by atoms with van der Waals surface area (Å²) in [5.41, 5.74) is -1.46. The average Bonchev–Trinajstić information content (AvgIpc) is 2.82. The van der Waals surface area contributed by atoms with Gasteiger partial charge in [-0.1, -0.05) is 6.07 Å². The molecule has 10 heteroatoms. The summed E-state index contributed by atoms with van der Waals surface area (Å²) in [7, 11) is 1.05. The quantitative estimate of drug-likeness (QED) is 0.693. The van der Waals surface area contributed by atoms with E-state index < -0.39 is 28.4 Å². The number of alkyl halides is 3. The van der Waals surface area contributed by atoms with Crippen molar-refractivity contribution in [2.75, 3.05) is 5.32 Å². The predicted octanol–water partition coefficient (Wildman–Crippen LogP) is 2.91. The lowest BCUT2D eigenvalue weighted by Crippen LogP contribution is -2.14. The number of nitrogens with one attached hydrogen (secondary N) is 1. The number of aryl methyl sites for hydroxylation is 2. The molecule has 0 bridgehead atoms. The van der Waals surface area contributed by atoms with Crippen LogP contribution in [0.15, 0.2) is 24.3 Å². The van der Waals surface area contributed by atoms with Crippen LogP contribution in [-0.2, 0) is 13.2 Å². The van der Waals surface area contributed by atoms with Crippen molar-refractivity contribution in [2.24, 2.45) is 7.05 Å². The van der Waals surface area contributed by atoms with Crippen molar-refractivity contribution in [3.8, 4) is 0 Å². The molecule has 7 nitrogen and oxygen atoms in total. The number of carbonyl (C=O) groups excluding carboxylic acids is 1. The van der Waals surface area contributed by atoms with Crippen LogP contribution in [0.3, 0.4) is 0 Å². The van der Waals surface area contributed by atoms with E-state index in [0.29, 0.717) is 16.3 Å². The van der Waals surface area contributed by atoms with E-state index in [1.807, 2.05) is 0 Å². The number of benzene rings is 1. The van der Waals surface area contributed by atoms with Gasteiger partial charge in [0.2, 0.25) is 0 Å². The lowest BCUT2D eigenvalue weighted by molar-refractivity contribution is -0.384. The molecule has 0 aliphatic rings. The van der Waals surface area contributed by atoms with Gasteiger partial charge in [-0.2, -0.15) is 18.3 Å². The molecular weight excluding hydrogens is 317 g/mol. The summed E-state index contributed by atoms with van der Waals surface area (Å²) in [5.74, 6) is -0.969. The molecule has 23 heavy (non-hydrogen) atoms. The molecule has 1 aromatic heterocycles. The number of nitro benzene ring substituents is 1. The molecule has 0 aliphatic carbocycles. The summed E-state index contributed by atoms with van der Waals surface area (Å²) in [6.45, 7) is 1.63. The maximum atomic E-state index is 12.7. The summed E-state index contributed by atoms with van der Waals surface area (Å²) in [6.07, 6.45) is -4.66. The van der Waals surface area contributed by atoms with Gasteiger partial charge in [-0.25, -0.2) is 0 Å². The van der Waals surface area contributed by atoms with E-state index in [1.54, 1.807) is 6.92 Å². The van der Waals surface area contributed by atoms with Crippen molar-refractivity contribution >= 4 is 17.3 Å². The highest BCUT2D eigenvalue weighted by Crippen LogP contribution is 2.30. The van der Waals surface area contributed by atoms with E-state index in [2.05, 4.69) is 10.4 Å². The molecule has 1 N–H and O–H groups in total. The normalized spacial score (nSPS) is 11.3. The molecule has 0 atom stereocenters. The zero-order valence-electron chi connectivity index (χ0n) is 12.0. The van der Waals surface area contributed by atoms with E-state index in [-0.39, 0.29) is 11.4 Å². The Morgan fingerprint density at radius 3 is 2.52 bits per heavy atom. The monoisotopic (exact) mass is 328 g/mol. The number of nitro groups is 1.